The molecule has 0 aromatic heterocycles. The minimum atomic E-state index is -0.0453. The SMILES string of the molecule is COc1ccc(CC(=O)c2ccc(C(=O)Cc3ccc(OC)c(OC)c3)cc2)cc1OC. The Morgan fingerprint density at radius 3 is 1.19 bits per heavy atom. The van der Waals surface area contributed by atoms with Crippen molar-refractivity contribution in [1.82, 2.24) is 0 Å². The Morgan fingerprint density at radius 2 is 0.875 bits per heavy atom. The molecular formula is C26H26O6. The van der Waals surface area contributed by atoms with Crippen LogP contribution in [0.15, 0.2) is 60.7 Å². The molecule has 3 aromatic carbocycles. The number of ketones is 2. The molecule has 0 aliphatic carbocycles. The third-order valence-corrected chi connectivity index (χ3v) is 5.15. The van der Waals surface area contributed by atoms with E-state index in [1.165, 1.54) is 0 Å². The molecular weight excluding hydrogens is 408 g/mol. The number of Topliss-reactive ketones (excluding diaryl/α,β-unsaturated/α-hetero) is 2. The lowest BCUT2D eigenvalue weighted by atomic mass is 9.98. The summed E-state index contributed by atoms with van der Waals surface area (Å²) in [5.41, 5.74) is 2.73. The van der Waals surface area contributed by atoms with Gasteiger partial charge in [-0.05, 0) is 35.4 Å². The maximum atomic E-state index is 12.7. The standard InChI is InChI=1S/C26H26O6/c1-29-23-11-5-17(15-25(23)31-3)13-21(27)19-7-9-20(10-8-19)22(28)14-18-6-12-24(30-2)26(16-18)32-4/h5-12,15-16H,13-14H2,1-4H3. The lowest BCUT2D eigenvalue weighted by Crippen LogP contribution is -2.07. The maximum Gasteiger partial charge on any atom is 0.167 e. The fourth-order valence-electron chi connectivity index (χ4n) is 3.40. The van der Waals surface area contributed by atoms with Gasteiger partial charge in [0.05, 0.1) is 28.4 Å². The molecule has 0 aliphatic heterocycles. The maximum absolute atomic E-state index is 12.7. The van der Waals surface area contributed by atoms with E-state index < -0.39 is 0 Å². The minimum absolute atomic E-state index is 0.0453. The Kier molecular flexibility index (Phi) is 7.49. The van der Waals surface area contributed by atoms with Gasteiger partial charge in [0.15, 0.2) is 34.6 Å². The van der Waals surface area contributed by atoms with Crippen molar-refractivity contribution >= 4 is 11.6 Å². The van der Waals surface area contributed by atoms with Crippen LogP contribution in [-0.4, -0.2) is 40.0 Å². The molecule has 0 N–H and O–H groups in total. The third kappa shape index (κ3) is 5.27. The molecule has 0 atom stereocenters. The second kappa shape index (κ2) is 10.5. The van der Waals surface area contributed by atoms with E-state index in [2.05, 4.69) is 0 Å². The number of carbonyl (C=O) groups excluding carboxylic acids is 2. The molecule has 0 saturated carbocycles. The molecule has 0 heterocycles. The molecule has 6 nitrogen and oxygen atoms in total. The number of hydrogen-bond acceptors (Lipinski definition) is 6. The molecule has 0 amide bonds. The van der Waals surface area contributed by atoms with Crippen molar-refractivity contribution in [2.24, 2.45) is 0 Å². The summed E-state index contributed by atoms with van der Waals surface area (Å²) in [6, 6.07) is 17.5. The van der Waals surface area contributed by atoms with Crippen LogP contribution in [0.2, 0.25) is 0 Å². The molecule has 166 valence electrons. The quantitative estimate of drug-likeness (QED) is 0.435. The molecule has 0 spiro atoms. The topological polar surface area (TPSA) is 71.1 Å². The van der Waals surface area contributed by atoms with Gasteiger partial charge in [-0.15, -0.1) is 0 Å². The highest BCUT2D eigenvalue weighted by Gasteiger charge is 2.13. The van der Waals surface area contributed by atoms with Crippen LogP contribution in [0.3, 0.4) is 0 Å². The van der Waals surface area contributed by atoms with Crippen molar-refractivity contribution in [3.05, 3.63) is 82.9 Å². The van der Waals surface area contributed by atoms with Gasteiger partial charge in [0.2, 0.25) is 0 Å². The van der Waals surface area contributed by atoms with E-state index in [0.717, 1.165) is 11.1 Å². The number of ether oxygens (including phenoxy) is 4. The monoisotopic (exact) mass is 434 g/mol. The van der Waals surface area contributed by atoms with E-state index in [4.69, 9.17) is 18.9 Å². The number of benzene rings is 3. The predicted octanol–water partition coefficient (Wildman–Crippen LogP) is 4.57. The van der Waals surface area contributed by atoms with Crippen molar-refractivity contribution in [3.63, 3.8) is 0 Å². The first-order valence-corrected chi connectivity index (χ1v) is 10.1. The molecule has 3 aromatic rings. The van der Waals surface area contributed by atoms with Crippen molar-refractivity contribution in [2.45, 2.75) is 12.8 Å². The zero-order valence-electron chi connectivity index (χ0n) is 18.6. The summed E-state index contributed by atoms with van der Waals surface area (Å²) >= 11 is 0. The summed E-state index contributed by atoms with van der Waals surface area (Å²) in [4.78, 5) is 25.4. The Labute approximate surface area is 187 Å². The minimum Gasteiger partial charge on any atom is -0.493 e. The van der Waals surface area contributed by atoms with E-state index in [1.807, 2.05) is 12.1 Å². The highest BCUT2D eigenvalue weighted by Crippen LogP contribution is 2.29. The Hall–Kier alpha value is -3.80. The molecule has 0 bridgehead atoms. The van der Waals surface area contributed by atoms with Crippen LogP contribution in [0.4, 0.5) is 0 Å². The first kappa shape index (κ1) is 22.9. The molecule has 6 heteroatoms. The zero-order valence-corrected chi connectivity index (χ0v) is 18.6. The van der Waals surface area contributed by atoms with E-state index in [0.29, 0.717) is 34.1 Å². The fourth-order valence-corrected chi connectivity index (χ4v) is 3.40. The summed E-state index contributed by atoms with van der Waals surface area (Å²) < 4.78 is 21.0. The van der Waals surface area contributed by atoms with Gasteiger partial charge in [-0.3, -0.25) is 9.59 Å². The van der Waals surface area contributed by atoms with Crippen molar-refractivity contribution in [1.29, 1.82) is 0 Å². The van der Waals surface area contributed by atoms with Crippen molar-refractivity contribution in [3.8, 4) is 23.0 Å². The second-order valence-corrected chi connectivity index (χ2v) is 7.16. The van der Waals surface area contributed by atoms with Gasteiger partial charge in [-0.2, -0.15) is 0 Å². The summed E-state index contributed by atoms with van der Waals surface area (Å²) in [5.74, 6) is 2.29. The average molecular weight is 434 g/mol. The van der Waals surface area contributed by atoms with Gasteiger partial charge in [-0.1, -0.05) is 36.4 Å². The average Bonchev–Trinajstić information content (AvgIpc) is 2.83. The molecule has 32 heavy (non-hydrogen) atoms. The van der Waals surface area contributed by atoms with Gasteiger partial charge >= 0.3 is 0 Å². The van der Waals surface area contributed by atoms with Crippen LogP contribution < -0.4 is 18.9 Å². The Balaban J connectivity index is 1.68. The largest absolute Gasteiger partial charge is 0.493 e. The summed E-state index contributed by atoms with van der Waals surface area (Å²) in [6.07, 6.45) is 0.443. The molecule has 0 radical (unpaired) electrons. The van der Waals surface area contributed by atoms with Gasteiger partial charge in [-0.25, -0.2) is 0 Å². The van der Waals surface area contributed by atoms with Crippen LogP contribution in [0.1, 0.15) is 31.8 Å². The Bertz CT molecular complexity index is 1010. The highest BCUT2D eigenvalue weighted by atomic mass is 16.5. The van der Waals surface area contributed by atoms with E-state index in [1.54, 1.807) is 77.0 Å². The van der Waals surface area contributed by atoms with E-state index >= 15 is 0 Å². The number of rotatable bonds is 10. The van der Waals surface area contributed by atoms with E-state index in [9.17, 15) is 9.59 Å². The molecule has 0 aliphatic rings. The fraction of sp³-hybridized carbons (Fsp3) is 0.231. The predicted molar refractivity (Wildman–Crippen MR) is 122 cm³/mol. The van der Waals surface area contributed by atoms with Crippen molar-refractivity contribution in [2.75, 3.05) is 28.4 Å². The van der Waals surface area contributed by atoms with Gasteiger partial charge in [0, 0.05) is 24.0 Å². The van der Waals surface area contributed by atoms with Crippen LogP contribution in [-0.2, 0) is 12.8 Å². The first-order valence-electron chi connectivity index (χ1n) is 10.1. The van der Waals surface area contributed by atoms with Gasteiger partial charge in [0.1, 0.15) is 0 Å². The molecule has 0 fully saturated rings. The Morgan fingerprint density at radius 1 is 0.531 bits per heavy atom. The molecule has 3 rings (SSSR count). The van der Waals surface area contributed by atoms with Crippen LogP contribution >= 0.6 is 0 Å². The van der Waals surface area contributed by atoms with Gasteiger partial charge < -0.3 is 18.9 Å². The van der Waals surface area contributed by atoms with E-state index in [-0.39, 0.29) is 24.4 Å². The van der Waals surface area contributed by atoms with Crippen LogP contribution in [0.25, 0.3) is 0 Å². The van der Waals surface area contributed by atoms with Crippen LogP contribution in [0.5, 0.6) is 23.0 Å². The molecule has 0 saturated heterocycles. The molecule has 0 unspecified atom stereocenters. The highest BCUT2D eigenvalue weighted by molar-refractivity contribution is 6.01. The second-order valence-electron chi connectivity index (χ2n) is 7.16. The summed E-state index contributed by atoms with van der Waals surface area (Å²) in [5, 5.41) is 0. The van der Waals surface area contributed by atoms with Crippen LogP contribution in [0, 0.1) is 0 Å². The smallest absolute Gasteiger partial charge is 0.167 e. The first-order chi connectivity index (χ1) is 15.5. The summed E-state index contributed by atoms with van der Waals surface area (Å²) in [6.45, 7) is 0. The number of methoxy groups -OCH3 is 4. The lowest BCUT2D eigenvalue weighted by Gasteiger charge is -2.10. The summed E-state index contributed by atoms with van der Waals surface area (Å²) in [7, 11) is 6.25. The number of carbonyl (C=O) groups is 2. The lowest BCUT2D eigenvalue weighted by molar-refractivity contribution is 0.0981. The third-order valence-electron chi connectivity index (χ3n) is 5.15. The zero-order chi connectivity index (χ0) is 23.1. The van der Waals surface area contributed by atoms with Gasteiger partial charge in [0.25, 0.3) is 0 Å². The normalized spacial score (nSPS) is 10.4. The van der Waals surface area contributed by atoms with Crippen molar-refractivity contribution < 1.29 is 28.5 Å². The number of hydrogen-bond donors (Lipinski definition) is 0.